The average Bonchev–Trinajstić information content (AvgIpc) is 3.16. The van der Waals surface area contributed by atoms with Crippen LogP contribution in [0, 0.1) is 0 Å². The topological polar surface area (TPSA) is 29.0 Å². The fourth-order valence-corrected chi connectivity index (χ4v) is 3.16. The first kappa shape index (κ1) is 11.6. The van der Waals surface area contributed by atoms with E-state index >= 15 is 0 Å². The molecular formula is C12H16ClN3S. The van der Waals surface area contributed by atoms with Gasteiger partial charge in [-0.1, -0.05) is 11.6 Å². The third kappa shape index (κ3) is 2.86. The van der Waals surface area contributed by atoms with Gasteiger partial charge >= 0.3 is 0 Å². The van der Waals surface area contributed by atoms with Crippen molar-refractivity contribution in [2.75, 3.05) is 29.5 Å². The van der Waals surface area contributed by atoms with E-state index < -0.39 is 0 Å². The van der Waals surface area contributed by atoms with Crippen LogP contribution in [-0.4, -0.2) is 34.6 Å². The van der Waals surface area contributed by atoms with Gasteiger partial charge in [-0.3, -0.25) is 0 Å². The van der Waals surface area contributed by atoms with E-state index in [2.05, 4.69) is 14.9 Å². The highest BCUT2D eigenvalue weighted by molar-refractivity contribution is 7.99. The molecule has 1 aromatic heterocycles. The second-order valence-electron chi connectivity index (χ2n) is 4.63. The van der Waals surface area contributed by atoms with E-state index in [1.165, 1.54) is 30.8 Å². The summed E-state index contributed by atoms with van der Waals surface area (Å²) in [6.45, 7) is 2.16. The predicted molar refractivity (Wildman–Crippen MR) is 73.2 cm³/mol. The molecule has 1 aromatic rings. The molecular weight excluding hydrogens is 254 g/mol. The second kappa shape index (κ2) is 5.02. The van der Waals surface area contributed by atoms with Crippen LogP contribution in [0.2, 0.25) is 5.15 Å². The molecule has 0 aromatic carbocycles. The lowest BCUT2D eigenvalue weighted by molar-refractivity contribution is 0.786. The summed E-state index contributed by atoms with van der Waals surface area (Å²) in [6.07, 6.45) is 3.66. The van der Waals surface area contributed by atoms with Crippen molar-refractivity contribution < 1.29 is 0 Å². The largest absolute Gasteiger partial charge is 0.356 e. The van der Waals surface area contributed by atoms with Gasteiger partial charge in [0.1, 0.15) is 16.8 Å². The number of anilines is 1. The van der Waals surface area contributed by atoms with Crippen molar-refractivity contribution in [2.24, 2.45) is 0 Å². The number of halogens is 1. The summed E-state index contributed by atoms with van der Waals surface area (Å²) >= 11 is 8.12. The van der Waals surface area contributed by atoms with E-state index in [0.29, 0.717) is 11.1 Å². The fourth-order valence-electron chi connectivity index (χ4n) is 2.08. The van der Waals surface area contributed by atoms with Gasteiger partial charge in [-0.25, -0.2) is 9.97 Å². The van der Waals surface area contributed by atoms with Crippen molar-refractivity contribution >= 4 is 29.2 Å². The Bertz CT molecular complexity index is 401. The molecule has 92 valence electrons. The highest BCUT2D eigenvalue weighted by Crippen LogP contribution is 2.39. The molecule has 0 spiro atoms. The summed E-state index contributed by atoms with van der Waals surface area (Å²) < 4.78 is 0. The molecule has 2 fully saturated rings. The Hall–Kier alpha value is -0.480. The Morgan fingerprint density at radius 3 is 2.94 bits per heavy atom. The van der Waals surface area contributed by atoms with Crippen molar-refractivity contribution in [3.8, 4) is 0 Å². The predicted octanol–water partition coefficient (Wildman–Crippen LogP) is 2.95. The minimum absolute atomic E-state index is 0.564. The van der Waals surface area contributed by atoms with Crippen LogP contribution in [0.5, 0.6) is 0 Å². The average molecular weight is 270 g/mol. The molecule has 1 saturated heterocycles. The lowest BCUT2D eigenvalue weighted by Gasteiger charge is -2.21. The Kier molecular flexibility index (Phi) is 3.43. The molecule has 0 N–H and O–H groups in total. The van der Waals surface area contributed by atoms with Gasteiger partial charge in [0.15, 0.2) is 0 Å². The molecule has 3 rings (SSSR count). The van der Waals surface area contributed by atoms with Crippen LogP contribution in [0.4, 0.5) is 5.82 Å². The van der Waals surface area contributed by atoms with Crippen LogP contribution >= 0.6 is 23.4 Å². The van der Waals surface area contributed by atoms with Gasteiger partial charge in [0.05, 0.1) is 0 Å². The van der Waals surface area contributed by atoms with Crippen LogP contribution in [0.3, 0.4) is 0 Å². The first-order valence-electron chi connectivity index (χ1n) is 6.20. The van der Waals surface area contributed by atoms with Gasteiger partial charge in [-0.15, -0.1) is 0 Å². The zero-order chi connectivity index (χ0) is 11.7. The van der Waals surface area contributed by atoms with Crippen LogP contribution in [0.15, 0.2) is 6.07 Å². The van der Waals surface area contributed by atoms with Gasteiger partial charge in [0.25, 0.3) is 0 Å². The number of hydrogen-bond acceptors (Lipinski definition) is 4. The van der Waals surface area contributed by atoms with Gasteiger partial charge in [0, 0.05) is 30.8 Å². The summed E-state index contributed by atoms with van der Waals surface area (Å²) in [7, 11) is 0. The SMILES string of the molecule is Clc1cc(N2CCCSCC2)nc(C2CC2)n1. The van der Waals surface area contributed by atoms with Crippen LogP contribution in [0.1, 0.15) is 31.0 Å². The Balaban J connectivity index is 1.84. The van der Waals surface area contributed by atoms with Crippen molar-refractivity contribution in [2.45, 2.75) is 25.2 Å². The minimum Gasteiger partial charge on any atom is -0.356 e. The molecule has 0 atom stereocenters. The summed E-state index contributed by atoms with van der Waals surface area (Å²) in [5.41, 5.74) is 0. The molecule has 0 amide bonds. The van der Waals surface area contributed by atoms with Crippen molar-refractivity contribution in [1.82, 2.24) is 9.97 Å². The third-order valence-electron chi connectivity index (χ3n) is 3.19. The highest BCUT2D eigenvalue weighted by atomic mass is 35.5. The molecule has 1 saturated carbocycles. The van der Waals surface area contributed by atoms with Crippen LogP contribution in [-0.2, 0) is 0 Å². The third-order valence-corrected chi connectivity index (χ3v) is 4.43. The summed E-state index contributed by atoms with van der Waals surface area (Å²) in [5.74, 6) is 4.97. The number of hydrogen-bond donors (Lipinski definition) is 0. The van der Waals surface area contributed by atoms with E-state index in [1.807, 2.05) is 17.8 Å². The van der Waals surface area contributed by atoms with Crippen LogP contribution < -0.4 is 4.90 Å². The van der Waals surface area contributed by atoms with E-state index in [-0.39, 0.29) is 0 Å². The minimum atomic E-state index is 0.564. The van der Waals surface area contributed by atoms with Gasteiger partial charge < -0.3 is 4.90 Å². The van der Waals surface area contributed by atoms with Gasteiger partial charge in [-0.05, 0) is 25.0 Å². The fraction of sp³-hybridized carbons (Fsp3) is 0.667. The zero-order valence-corrected chi connectivity index (χ0v) is 11.3. The van der Waals surface area contributed by atoms with Crippen molar-refractivity contribution in [1.29, 1.82) is 0 Å². The van der Waals surface area contributed by atoms with E-state index in [4.69, 9.17) is 11.6 Å². The molecule has 3 nitrogen and oxygen atoms in total. The Morgan fingerprint density at radius 1 is 1.24 bits per heavy atom. The van der Waals surface area contributed by atoms with Crippen molar-refractivity contribution in [3.05, 3.63) is 17.0 Å². The Morgan fingerprint density at radius 2 is 2.12 bits per heavy atom. The molecule has 2 heterocycles. The van der Waals surface area contributed by atoms with Crippen LogP contribution in [0.25, 0.3) is 0 Å². The van der Waals surface area contributed by atoms with Gasteiger partial charge in [0.2, 0.25) is 0 Å². The molecule has 0 bridgehead atoms. The molecule has 0 unspecified atom stereocenters. The maximum absolute atomic E-state index is 6.10. The quantitative estimate of drug-likeness (QED) is 0.772. The second-order valence-corrected chi connectivity index (χ2v) is 6.25. The van der Waals surface area contributed by atoms with Gasteiger partial charge in [-0.2, -0.15) is 11.8 Å². The molecule has 1 aliphatic carbocycles. The smallest absolute Gasteiger partial charge is 0.135 e. The normalized spacial score (nSPS) is 21.4. The summed E-state index contributed by atoms with van der Waals surface area (Å²) in [6, 6.07) is 1.91. The maximum Gasteiger partial charge on any atom is 0.135 e. The summed E-state index contributed by atoms with van der Waals surface area (Å²) in [4.78, 5) is 11.4. The molecule has 0 radical (unpaired) electrons. The number of aromatic nitrogens is 2. The maximum atomic E-state index is 6.10. The summed E-state index contributed by atoms with van der Waals surface area (Å²) in [5, 5.41) is 0.591. The first-order chi connectivity index (χ1) is 8.33. The molecule has 5 heteroatoms. The number of nitrogens with zero attached hydrogens (tertiary/aromatic N) is 3. The highest BCUT2D eigenvalue weighted by Gasteiger charge is 2.27. The molecule has 1 aliphatic heterocycles. The first-order valence-corrected chi connectivity index (χ1v) is 7.73. The zero-order valence-electron chi connectivity index (χ0n) is 9.73. The van der Waals surface area contributed by atoms with E-state index in [9.17, 15) is 0 Å². The van der Waals surface area contributed by atoms with Crippen molar-refractivity contribution in [3.63, 3.8) is 0 Å². The Labute approximate surface area is 111 Å². The monoisotopic (exact) mass is 269 g/mol. The molecule has 2 aliphatic rings. The standard InChI is InChI=1S/C12H16ClN3S/c13-10-8-11(15-12(14-10)9-2-3-9)16-4-1-6-17-7-5-16/h8-9H,1-7H2. The number of thioether (sulfide) groups is 1. The lowest BCUT2D eigenvalue weighted by atomic mass is 10.3. The molecule has 17 heavy (non-hydrogen) atoms. The van der Waals surface area contributed by atoms with E-state index in [0.717, 1.165) is 24.7 Å². The van der Waals surface area contributed by atoms with E-state index in [1.54, 1.807) is 0 Å². The lowest BCUT2D eigenvalue weighted by Crippen LogP contribution is -2.26. The number of rotatable bonds is 2.